The second kappa shape index (κ2) is 5.01. The summed E-state index contributed by atoms with van der Waals surface area (Å²) in [5.74, 6) is 0.0781. The van der Waals surface area contributed by atoms with Gasteiger partial charge >= 0.3 is 0 Å². The first-order valence-electron chi connectivity index (χ1n) is 4.30. The van der Waals surface area contributed by atoms with Gasteiger partial charge in [0.25, 0.3) is 0 Å². The minimum atomic E-state index is -3.12. The quantitative estimate of drug-likeness (QED) is 0.839. The number of sulfone groups is 1. The van der Waals surface area contributed by atoms with Crippen LogP contribution in [0.1, 0.15) is 12.5 Å². The molecule has 1 aromatic rings. The molecule has 0 unspecified atom stereocenters. The molecule has 0 radical (unpaired) electrons. The van der Waals surface area contributed by atoms with Gasteiger partial charge in [-0.15, -0.1) is 0 Å². The molecular formula is C10H10Cl2O2S. The van der Waals surface area contributed by atoms with E-state index >= 15 is 0 Å². The van der Waals surface area contributed by atoms with Gasteiger partial charge in [-0.25, -0.2) is 8.42 Å². The SMILES string of the molecule is CCS(=O)(=O)/C=C/c1ccc(Cl)cc1Cl. The maximum atomic E-state index is 11.2. The Morgan fingerprint density at radius 1 is 1.33 bits per heavy atom. The predicted octanol–water partition coefficient (Wildman–Crippen LogP) is 3.40. The van der Waals surface area contributed by atoms with E-state index < -0.39 is 9.84 Å². The second-order valence-corrected chi connectivity index (χ2v) is 5.94. The molecule has 0 spiro atoms. The van der Waals surface area contributed by atoms with Crippen LogP contribution in [-0.4, -0.2) is 14.2 Å². The fourth-order valence-electron chi connectivity index (χ4n) is 0.910. The Labute approximate surface area is 99.4 Å². The van der Waals surface area contributed by atoms with Gasteiger partial charge in [0, 0.05) is 15.5 Å². The van der Waals surface area contributed by atoms with E-state index in [9.17, 15) is 8.42 Å². The average molecular weight is 265 g/mol. The van der Waals surface area contributed by atoms with Crippen molar-refractivity contribution in [3.63, 3.8) is 0 Å². The zero-order valence-electron chi connectivity index (χ0n) is 8.07. The van der Waals surface area contributed by atoms with E-state index in [4.69, 9.17) is 23.2 Å². The standard InChI is InChI=1S/C10H10Cl2O2S/c1-2-15(13,14)6-5-8-3-4-9(11)7-10(8)12/h3-7H,2H2,1H3/b6-5+. The van der Waals surface area contributed by atoms with E-state index in [2.05, 4.69) is 0 Å². The van der Waals surface area contributed by atoms with Gasteiger partial charge < -0.3 is 0 Å². The average Bonchev–Trinajstić information content (AvgIpc) is 2.16. The van der Waals surface area contributed by atoms with Crippen molar-refractivity contribution in [2.45, 2.75) is 6.92 Å². The highest BCUT2D eigenvalue weighted by Crippen LogP contribution is 2.22. The summed E-state index contributed by atoms with van der Waals surface area (Å²) in [5, 5.41) is 2.11. The molecule has 0 fully saturated rings. The molecule has 0 aliphatic rings. The van der Waals surface area contributed by atoms with E-state index in [0.29, 0.717) is 15.6 Å². The number of hydrogen-bond donors (Lipinski definition) is 0. The highest BCUT2D eigenvalue weighted by Gasteiger charge is 2.02. The first kappa shape index (κ1) is 12.6. The van der Waals surface area contributed by atoms with E-state index in [1.54, 1.807) is 25.1 Å². The van der Waals surface area contributed by atoms with Gasteiger partial charge in [0.2, 0.25) is 0 Å². The minimum Gasteiger partial charge on any atom is -0.224 e. The monoisotopic (exact) mass is 264 g/mol. The van der Waals surface area contributed by atoms with Crippen molar-refractivity contribution >= 4 is 39.1 Å². The van der Waals surface area contributed by atoms with Crippen LogP contribution in [0.3, 0.4) is 0 Å². The molecule has 0 amide bonds. The molecule has 0 N–H and O–H groups in total. The lowest BCUT2D eigenvalue weighted by Gasteiger charge is -1.98. The fraction of sp³-hybridized carbons (Fsp3) is 0.200. The minimum absolute atomic E-state index is 0.0781. The van der Waals surface area contributed by atoms with E-state index in [1.165, 1.54) is 6.08 Å². The van der Waals surface area contributed by atoms with Crippen LogP contribution in [0.4, 0.5) is 0 Å². The summed E-state index contributed by atoms with van der Waals surface area (Å²) in [6.45, 7) is 1.59. The Balaban J connectivity index is 3.00. The molecule has 0 heterocycles. The Hall–Kier alpha value is -0.510. The van der Waals surface area contributed by atoms with Gasteiger partial charge in [0.05, 0.1) is 5.75 Å². The molecule has 0 saturated carbocycles. The molecule has 2 nitrogen and oxygen atoms in total. The second-order valence-electron chi connectivity index (χ2n) is 2.92. The Morgan fingerprint density at radius 3 is 2.53 bits per heavy atom. The molecule has 0 aliphatic heterocycles. The number of hydrogen-bond acceptors (Lipinski definition) is 2. The molecule has 0 bridgehead atoms. The summed E-state index contributed by atoms with van der Waals surface area (Å²) in [6.07, 6.45) is 1.47. The van der Waals surface area contributed by atoms with Crippen LogP contribution in [0.2, 0.25) is 10.0 Å². The van der Waals surface area contributed by atoms with Gasteiger partial charge in [-0.2, -0.15) is 0 Å². The topological polar surface area (TPSA) is 34.1 Å². The number of benzene rings is 1. The zero-order valence-corrected chi connectivity index (χ0v) is 10.4. The van der Waals surface area contributed by atoms with Crippen molar-refractivity contribution in [3.8, 4) is 0 Å². The van der Waals surface area contributed by atoms with Crippen LogP contribution >= 0.6 is 23.2 Å². The fourth-order valence-corrected chi connectivity index (χ4v) is 1.93. The number of rotatable bonds is 3. The first-order chi connectivity index (χ1) is 6.94. The summed E-state index contributed by atoms with van der Waals surface area (Å²) in [6, 6.07) is 4.90. The lowest BCUT2D eigenvalue weighted by Crippen LogP contribution is -1.96. The third-order valence-electron chi connectivity index (χ3n) is 1.82. The van der Waals surface area contributed by atoms with E-state index in [-0.39, 0.29) is 5.75 Å². The number of halogens is 2. The van der Waals surface area contributed by atoms with Crippen molar-refractivity contribution in [1.82, 2.24) is 0 Å². The smallest absolute Gasteiger partial charge is 0.171 e. The lowest BCUT2D eigenvalue weighted by molar-refractivity contribution is 0.606. The van der Waals surface area contributed by atoms with Gasteiger partial charge in [0.15, 0.2) is 9.84 Å². The van der Waals surface area contributed by atoms with Crippen molar-refractivity contribution in [1.29, 1.82) is 0 Å². The summed E-state index contributed by atoms with van der Waals surface area (Å²) >= 11 is 11.6. The zero-order chi connectivity index (χ0) is 11.5. The van der Waals surface area contributed by atoms with Crippen molar-refractivity contribution in [2.24, 2.45) is 0 Å². The third-order valence-corrected chi connectivity index (χ3v) is 3.74. The third kappa shape index (κ3) is 3.86. The van der Waals surface area contributed by atoms with Crippen molar-refractivity contribution in [2.75, 3.05) is 5.75 Å². The van der Waals surface area contributed by atoms with Crippen LogP contribution in [0.5, 0.6) is 0 Å². The molecule has 0 saturated heterocycles. The molecule has 15 heavy (non-hydrogen) atoms. The lowest BCUT2D eigenvalue weighted by atomic mass is 10.2. The van der Waals surface area contributed by atoms with Crippen LogP contribution in [0, 0.1) is 0 Å². The molecule has 1 rings (SSSR count). The van der Waals surface area contributed by atoms with E-state index in [0.717, 1.165) is 5.41 Å². The summed E-state index contributed by atoms with van der Waals surface area (Å²) in [4.78, 5) is 0. The van der Waals surface area contributed by atoms with Gasteiger partial charge in [-0.3, -0.25) is 0 Å². The van der Waals surface area contributed by atoms with Crippen molar-refractivity contribution < 1.29 is 8.42 Å². The molecular weight excluding hydrogens is 255 g/mol. The molecule has 5 heteroatoms. The molecule has 0 aliphatic carbocycles. The highest BCUT2D eigenvalue weighted by molar-refractivity contribution is 7.94. The molecule has 0 atom stereocenters. The van der Waals surface area contributed by atoms with Gasteiger partial charge in [0.1, 0.15) is 0 Å². The first-order valence-corrected chi connectivity index (χ1v) is 6.77. The van der Waals surface area contributed by atoms with Crippen molar-refractivity contribution in [3.05, 3.63) is 39.2 Å². The van der Waals surface area contributed by atoms with Crippen LogP contribution < -0.4 is 0 Å². The molecule has 0 aromatic heterocycles. The highest BCUT2D eigenvalue weighted by atomic mass is 35.5. The predicted molar refractivity (Wildman–Crippen MR) is 65.0 cm³/mol. The Morgan fingerprint density at radius 2 is 2.00 bits per heavy atom. The largest absolute Gasteiger partial charge is 0.224 e. The van der Waals surface area contributed by atoms with Gasteiger partial charge in [-0.1, -0.05) is 36.2 Å². The normalized spacial score (nSPS) is 12.2. The van der Waals surface area contributed by atoms with Gasteiger partial charge in [-0.05, 0) is 23.8 Å². The maximum absolute atomic E-state index is 11.2. The molecule has 1 aromatic carbocycles. The van der Waals surface area contributed by atoms with Crippen LogP contribution in [0.25, 0.3) is 6.08 Å². The van der Waals surface area contributed by atoms with E-state index in [1.807, 2.05) is 0 Å². The summed E-state index contributed by atoms with van der Waals surface area (Å²) in [5.41, 5.74) is 0.637. The Kier molecular flexibility index (Phi) is 4.20. The maximum Gasteiger partial charge on any atom is 0.171 e. The molecule has 82 valence electrons. The summed E-state index contributed by atoms with van der Waals surface area (Å²) < 4.78 is 22.4. The summed E-state index contributed by atoms with van der Waals surface area (Å²) in [7, 11) is -3.12. The van der Waals surface area contributed by atoms with Crippen LogP contribution in [0.15, 0.2) is 23.6 Å². The Bertz CT molecular complexity index is 478. The van der Waals surface area contributed by atoms with Crippen LogP contribution in [-0.2, 0) is 9.84 Å².